The van der Waals surface area contributed by atoms with Crippen LogP contribution in [0.3, 0.4) is 0 Å². The molecule has 0 saturated heterocycles. The molecule has 1 aromatic carbocycles. The zero-order valence-corrected chi connectivity index (χ0v) is 13.8. The Morgan fingerprint density at radius 3 is 2.80 bits per heavy atom. The van der Waals surface area contributed by atoms with E-state index in [1.54, 1.807) is 0 Å². The van der Waals surface area contributed by atoms with E-state index < -0.39 is 5.54 Å². The van der Waals surface area contributed by atoms with Crippen LogP contribution >= 0.6 is 0 Å². The summed E-state index contributed by atoms with van der Waals surface area (Å²) in [6, 6.07) is 7.55. The van der Waals surface area contributed by atoms with Crippen molar-refractivity contribution in [2.24, 2.45) is 0 Å². The number of carbonyl (C=O) groups excluding carboxylic acids is 1. The maximum Gasteiger partial charge on any atom is 0.255 e. The minimum absolute atomic E-state index is 0.148. The predicted molar refractivity (Wildman–Crippen MR) is 90.1 cm³/mol. The van der Waals surface area contributed by atoms with Gasteiger partial charge in [-0.1, -0.05) is 36.2 Å². The van der Waals surface area contributed by atoms with E-state index in [2.05, 4.69) is 15.5 Å². The van der Waals surface area contributed by atoms with E-state index >= 15 is 0 Å². The second kappa shape index (κ2) is 5.44. The lowest BCUT2D eigenvalue weighted by atomic mass is 9.95. The van der Waals surface area contributed by atoms with Gasteiger partial charge in [0.25, 0.3) is 5.91 Å². The van der Waals surface area contributed by atoms with Gasteiger partial charge in [0, 0.05) is 11.3 Å². The van der Waals surface area contributed by atoms with Crippen LogP contribution in [0, 0.1) is 0 Å². The van der Waals surface area contributed by atoms with E-state index in [0.29, 0.717) is 28.8 Å². The molecule has 3 aromatic rings. The van der Waals surface area contributed by atoms with Crippen LogP contribution < -0.4 is 5.32 Å². The monoisotopic (exact) mass is 337 g/mol. The van der Waals surface area contributed by atoms with Gasteiger partial charge in [-0.05, 0) is 31.7 Å². The molecular weight excluding hydrogens is 318 g/mol. The van der Waals surface area contributed by atoms with E-state index in [1.807, 2.05) is 24.3 Å². The lowest BCUT2D eigenvalue weighted by molar-refractivity contribution is 0.0892. The number of amides is 1. The zero-order valence-electron chi connectivity index (χ0n) is 13.8. The molecule has 2 heterocycles. The van der Waals surface area contributed by atoms with Gasteiger partial charge in [-0.2, -0.15) is 4.98 Å². The summed E-state index contributed by atoms with van der Waals surface area (Å²) in [4.78, 5) is 17.6. The van der Waals surface area contributed by atoms with Crippen molar-refractivity contribution < 1.29 is 13.7 Å². The van der Waals surface area contributed by atoms with Crippen molar-refractivity contribution in [3.8, 4) is 0 Å². The number of hydrogen-bond donors (Lipinski definition) is 1. The van der Waals surface area contributed by atoms with Gasteiger partial charge in [0.05, 0.1) is 5.56 Å². The van der Waals surface area contributed by atoms with Gasteiger partial charge in [-0.15, -0.1) is 0 Å². The van der Waals surface area contributed by atoms with Crippen molar-refractivity contribution in [2.75, 3.05) is 0 Å². The van der Waals surface area contributed by atoms with E-state index in [1.165, 1.54) is 6.26 Å². The highest BCUT2D eigenvalue weighted by molar-refractivity contribution is 6.06. The molecule has 2 aliphatic carbocycles. The number of fused-ring (bicyclic) bond motifs is 1. The summed E-state index contributed by atoms with van der Waals surface area (Å²) < 4.78 is 10.9. The molecule has 25 heavy (non-hydrogen) atoms. The quantitative estimate of drug-likeness (QED) is 0.781. The third kappa shape index (κ3) is 2.44. The standard InChI is InChI=1S/C19H19N3O3/c23-16(14-11-24-15-6-2-1-5-13(14)15)21-19(9-3-4-10-19)18-20-17(25-22-18)12-7-8-12/h1-2,5-6,11-12H,3-4,7-10H2,(H,21,23). The van der Waals surface area contributed by atoms with E-state index in [0.717, 1.165) is 43.9 Å². The molecule has 0 atom stereocenters. The molecule has 2 aromatic heterocycles. The van der Waals surface area contributed by atoms with Crippen LogP contribution in [-0.2, 0) is 5.54 Å². The minimum Gasteiger partial charge on any atom is -0.463 e. The number of nitrogens with one attached hydrogen (secondary N) is 1. The molecule has 2 saturated carbocycles. The van der Waals surface area contributed by atoms with Crippen molar-refractivity contribution >= 4 is 16.9 Å². The fourth-order valence-corrected chi connectivity index (χ4v) is 3.75. The summed E-state index contributed by atoms with van der Waals surface area (Å²) in [6.45, 7) is 0. The predicted octanol–water partition coefficient (Wildman–Crippen LogP) is 3.89. The smallest absolute Gasteiger partial charge is 0.255 e. The Kier molecular flexibility index (Phi) is 3.20. The summed E-state index contributed by atoms with van der Waals surface area (Å²) in [5, 5.41) is 8.22. The number of furan rings is 1. The summed E-state index contributed by atoms with van der Waals surface area (Å²) in [5.74, 6) is 1.59. The Morgan fingerprint density at radius 1 is 1.20 bits per heavy atom. The highest BCUT2D eigenvalue weighted by Gasteiger charge is 2.43. The average molecular weight is 337 g/mol. The molecule has 2 aliphatic rings. The maximum absolute atomic E-state index is 13.0. The Labute approximate surface area is 144 Å². The van der Waals surface area contributed by atoms with Crippen molar-refractivity contribution in [1.29, 1.82) is 0 Å². The molecule has 0 unspecified atom stereocenters. The van der Waals surface area contributed by atoms with Gasteiger partial charge in [-0.25, -0.2) is 0 Å². The Balaban J connectivity index is 1.47. The molecule has 6 nitrogen and oxygen atoms in total. The lowest BCUT2D eigenvalue weighted by Crippen LogP contribution is -2.44. The van der Waals surface area contributed by atoms with Gasteiger partial charge in [0.15, 0.2) is 5.82 Å². The van der Waals surface area contributed by atoms with Crippen LogP contribution in [0.25, 0.3) is 11.0 Å². The molecule has 128 valence electrons. The Morgan fingerprint density at radius 2 is 2.00 bits per heavy atom. The number of hydrogen-bond acceptors (Lipinski definition) is 5. The summed E-state index contributed by atoms with van der Waals surface area (Å²) in [6.07, 6.45) is 7.49. The fourth-order valence-electron chi connectivity index (χ4n) is 3.75. The van der Waals surface area contributed by atoms with Crippen LogP contribution in [-0.4, -0.2) is 16.0 Å². The van der Waals surface area contributed by atoms with Crippen molar-refractivity contribution in [1.82, 2.24) is 15.5 Å². The third-order valence-corrected chi connectivity index (χ3v) is 5.33. The lowest BCUT2D eigenvalue weighted by Gasteiger charge is -2.26. The molecule has 0 radical (unpaired) electrons. The first kappa shape index (κ1) is 14.7. The van der Waals surface area contributed by atoms with Crippen LogP contribution in [0.15, 0.2) is 39.5 Å². The number of benzene rings is 1. The van der Waals surface area contributed by atoms with E-state index in [9.17, 15) is 4.79 Å². The van der Waals surface area contributed by atoms with Crippen LogP contribution in [0.1, 0.15) is 66.5 Å². The first-order chi connectivity index (χ1) is 12.3. The SMILES string of the molecule is O=C(NC1(c2noc(C3CC3)n2)CCCC1)c1coc2ccccc12. The third-order valence-electron chi connectivity index (χ3n) is 5.33. The molecule has 1 N–H and O–H groups in total. The van der Waals surface area contributed by atoms with E-state index in [4.69, 9.17) is 8.94 Å². The van der Waals surface area contributed by atoms with Gasteiger partial charge in [0.2, 0.25) is 5.89 Å². The topological polar surface area (TPSA) is 81.2 Å². The molecule has 5 rings (SSSR count). The van der Waals surface area contributed by atoms with Crippen molar-refractivity contribution in [2.45, 2.75) is 50.0 Å². The molecule has 0 aliphatic heterocycles. The highest BCUT2D eigenvalue weighted by Crippen LogP contribution is 2.42. The van der Waals surface area contributed by atoms with E-state index in [-0.39, 0.29) is 5.91 Å². The first-order valence-electron chi connectivity index (χ1n) is 8.88. The van der Waals surface area contributed by atoms with Gasteiger partial charge in [-0.3, -0.25) is 4.79 Å². The second-order valence-electron chi connectivity index (χ2n) is 7.12. The summed E-state index contributed by atoms with van der Waals surface area (Å²) in [5.41, 5.74) is 0.725. The Bertz CT molecular complexity index is 932. The van der Waals surface area contributed by atoms with Crippen LogP contribution in [0.4, 0.5) is 0 Å². The molecule has 0 bridgehead atoms. The molecular formula is C19H19N3O3. The number of carbonyl (C=O) groups is 1. The number of nitrogens with zero attached hydrogens (tertiary/aromatic N) is 2. The average Bonchev–Trinajstić information content (AvgIpc) is 3.06. The summed E-state index contributed by atoms with van der Waals surface area (Å²) in [7, 11) is 0. The molecule has 0 spiro atoms. The normalized spacial score (nSPS) is 19.4. The maximum atomic E-state index is 13.0. The molecule has 2 fully saturated rings. The highest BCUT2D eigenvalue weighted by atomic mass is 16.5. The minimum atomic E-state index is -0.536. The molecule has 6 heteroatoms. The van der Waals surface area contributed by atoms with Gasteiger partial charge >= 0.3 is 0 Å². The second-order valence-corrected chi connectivity index (χ2v) is 7.12. The van der Waals surface area contributed by atoms with Gasteiger partial charge in [0.1, 0.15) is 17.4 Å². The summed E-state index contributed by atoms with van der Waals surface area (Å²) >= 11 is 0. The van der Waals surface area contributed by atoms with Crippen LogP contribution in [0.2, 0.25) is 0 Å². The number of aromatic nitrogens is 2. The molecule has 1 amide bonds. The van der Waals surface area contributed by atoms with Crippen molar-refractivity contribution in [3.05, 3.63) is 47.8 Å². The zero-order chi connectivity index (χ0) is 16.9. The largest absolute Gasteiger partial charge is 0.463 e. The fraction of sp³-hybridized carbons (Fsp3) is 0.421. The van der Waals surface area contributed by atoms with Gasteiger partial charge < -0.3 is 14.3 Å². The Hall–Kier alpha value is -2.63. The van der Waals surface area contributed by atoms with Crippen LogP contribution in [0.5, 0.6) is 0 Å². The van der Waals surface area contributed by atoms with Crippen molar-refractivity contribution in [3.63, 3.8) is 0 Å². The number of rotatable bonds is 4. The number of para-hydroxylation sites is 1. The first-order valence-corrected chi connectivity index (χ1v) is 8.88.